The Kier molecular flexibility index (Phi) is 7.87. The number of halogens is 1. The zero-order valence-electron chi connectivity index (χ0n) is 12.5. The number of rotatable bonds is 7. The molecule has 1 aromatic rings. The van der Waals surface area contributed by atoms with E-state index in [9.17, 15) is 4.79 Å². The normalized spacial score (nSPS) is 11.4. The highest BCUT2D eigenvalue weighted by Gasteiger charge is 2.15. The van der Waals surface area contributed by atoms with Crippen LogP contribution in [0.2, 0.25) is 0 Å². The Morgan fingerprint density at radius 3 is 2.50 bits per heavy atom. The van der Waals surface area contributed by atoms with E-state index >= 15 is 0 Å². The molecule has 0 saturated heterocycles. The third kappa shape index (κ3) is 8.09. The fourth-order valence-corrected chi connectivity index (χ4v) is 3.72. The van der Waals surface area contributed by atoms with Gasteiger partial charge >= 0.3 is 6.09 Å². The quantitative estimate of drug-likeness (QED) is 0.407. The highest BCUT2D eigenvalue weighted by atomic mass is 127. The molecule has 3 nitrogen and oxygen atoms in total. The zero-order chi connectivity index (χ0) is 15.0. The van der Waals surface area contributed by atoms with Crippen molar-refractivity contribution < 1.29 is 9.53 Å². The summed E-state index contributed by atoms with van der Waals surface area (Å²) < 4.78 is 6.36. The van der Waals surface area contributed by atoms with Crippen LogP contribution >= 0.6 is 33.9 Å². The second-order valence-electron chi connectivity index (χ2n) is 5.69. The molecule has 1 aromatic heterocycles. The Labute approximate surface area is 139 Å². The maximum atomic E-state index is 11.4. The number of amides is 1. The van der Waals surface area contributed by atoms with Gasteiger partial charge in [-0.1, -0.05) is 22.6 Å². The van der Waals surface area contributed by atoms with Gasteiger partial charge in [0.1, 0.15) is 5.60 Å². The maximum Gasteiger partial charge on any atom is 0.407 e. The Hall–Kier alpha value is -0.300. The Morgan fingerprint density at radius 1 is 1.25 bits per heavy atom. The average Bonchev–Trinajstić information content (AvgIpc) is 2.74. The Morgan fingerprint density at radius 2 is 1.90 bits per heavy atom. The van der Waals surface area contributed by atoms with Crippen molar-refractivity contribution in [3.8, 4) is 0 Å². The number of aryl methyl sites for hydroxylation is 2. The van der Waals surface area contributed by atoms with Crippen molar-refractivity contribution in [1.82, 2.24) is 5.32 Å². The van der Waals surface area contributed by atoms with E-state index in [0.29, 0.717) is 6.54 Å². The molecule has 0 aliphatic rings. The lowest BCUT2D eigenvalue weighted by Crippen LogP contribution is -2.33. The minimum atomic E-state index is -0.421. The first kappa shape index (κ1) is 17.8. The van der Waals surface area contributed by atoms with Gasteiger partial charge in [-0.05, 0) is 58.6 Å². The summed E-state index contributed by atoms with van der Waals surface area (Å²) in [5.41, 5.74) is -0.421. The molecule has 0 spiro atoms. The SMILES string of the molecule is CC(C)(C)OC(=O)NCCCCc1ccc(CCI)s1. The largest absolute Gasteiger partial charge is 0.444 e. The standard InChI is InChI=1S/C15H24INO2S/c1-15(2,3)19-14(18)17-11-5-4-6-12-7-8-13(20-12)9-10-16/h7-8H,4-6,9-11H2,1-3H3,(H,17,18). The van der Waals surface area contributed by atoms with Gasteiger partial charge in [-0.2, -0.15) is 0 Å². The third-order valence-corrected chi connectivity index (χ3v) is 4.32. The van der Waals surface area contributed by atoms with Crippen LogP contribution in [0.25, 0.3) is 0 Å². The lowest BCUT2D eigenvalue weighted by Gasteiger charge is -2.19. The van der Waals surface area contributed by atoms with Gasteiger partial charge < -0.3 is 10.1 Å². The van der Waals surface area contributed by atoms with Gasteiger partial charge in [0.05, 0.1) is 0 Å². The number of carbonyl (C=O) groups is 1. The first-order chi connectivity index (χ1) is 9.40. The molecule has 0 saturated carbocycles. The number of carbonyl (C=O) groups excluding carboxylic acids is 1. The van der Waals surface area contributed by atoms with E-state index in [2.05, 4.69) is 40.0 Å². The van der Waals surface area contributed by atoms with Crippen LogP contribution in [-0.4, -0.2) is 22.7 Å². The van der Waals surface area contributed by atoms with Crippen molar-refractivity contribution in [1.29, 1.82) is 0 Å². The summed E-state index contributed by atoms with van der Waals surface area (Å²) in [6, 6.07) is 4.46. The molecule has 0 aliphatic heterocycles. The lowest BCUT2D eigenvalue weighted by molar-refractivity contribution is 0.0527. The summed E-state index contributed by atoms with van der Waals surface area (Å²) in [5.74, 6) is 0. The van der Waals surface area contributed by atoms with Crippen molar-refractivity contribution in [2.75, 3.05) is 11.0 Å². The highest BCUT2D eigenvalue weighted by molar-refractivity contribution is 14.1. The molecule has 114 valence electrons. The molecule has 0 bridgehead atoms. The summed E-state index contributed by atoms with van der Waals surface area (Å²) in [6.45, 7) is 6.30. The number of hydrogen-bond acceptors (Lipinski definition) is 3. The van der Waals surface area contributed by atoms with E-state index in [-0.39, 0.29) is 6.09 Å². The van der Waals surface area contributed by atoms with Crippen LogP contribution in [0.1, 0.15) is 43.4 Å². The van der Waals surface area contributed by atoms with Gasteiger partial charge in [0.25, 0.3) is 0 Å². The predicted molar refractivity (Wildman–Crippen MR) is 94.1 cm³/mol. The first-order valence-electron chi connectivity index (χ1n) is 7.01. The van der Waals surface area contributed by atoms with Crippen molar-refractivity contribution in [2.45, 2.75) is 52.1 Å². The van der Waals surface area contributed by atoms with E-state index in [1.165, 1.54) is 20.6 Å². The third-order valence-electron chi connectivity index (χ3n) is 2.58. The number of thiophene rings is 1. The number of nitrogens with one attached hydrogen (secondary N) is 1. The number of ether oxygens (including phenoxy) is 1. The van der Waals surface area contributed by atoms with Crippen LogP contribution in [-0.2, 0) is 17.6 Å². The minimum Gasteiger partial charge on any atom is -0.444 e. The minimum absolute atomic E-state index is 0.321. The van der Waals surface area contributed by atoms with Crippen LogP contribution in [0.15, 0.2) is 12.1 Å². The number of unbranched alkanes of at least 4 members (excludes halogenated alkanes) is 1. The molecule has 5 heteroatoms. The average molecular weight is 409 g/mol. The van der Waals surface area contributed by atoms with Gasteiger partial charge in [-0.25, -0.2) is 4.79 Å². The fraction of sp³-hybridized carbons (Fsp3) is 0.667. The van der Waals surface area contributed by atoms with Gasteiger partial charge in [0.2, 0.25) is 0 Å². The molecule has 0 aliphatic carbocycles. The van der Waals surface area contributed by atoms with E-state index in [1.54, 1.807) is 0 Å². The fourth-order valence-electron chi connectivity index (χ4n) is 1.71. The Bertz CT molecular complexity index is 412. The molecular weight excluding hydrogens is 385 g/mol. The van der Waals surface area contributed by atoms with Crippen molar-refractivity contribution in [3.05, 3.63) is 21.9 Å². The van der Waals surface area contributed by atoms with E-state index in [4.69, 9.17) is 4.74 Å². The van der Waals surface area contributed by atoms with Crippen molar-refractivity contribution in [2.24, 2.45) is 0 Å². The van der Waals surface area contributed by atoms with E-state index < -0.39 is 5.60 Å². The Balaban J connectivity index is 2.11. The van der Waals surface area contributed by atoms with Crippen LogP contribution in [0.5, 0.6) is 0 Å². The van der Waals surface area contributed by atoms with Crippen molar-refractivity contribution >= 4 is 40.0 Å². The number of alkyl halides is 1. The predicted octanol–water partition coefficient (Wildman–Crippen LogP) is 4.57. The molecule has 1 N–H and O–H groups in total. The molecule has 20 heavy (non-hydrogen) atoms. The molecule has 0 unspecified atom stereocenters. The van der Waals surface area contributed by atoms with E-state index in [0.717, 1.165) is 19.3 Å². The van der Waals surface area contributed by atoms with Gasteiger partial charge in [0.15, 0.2) is 0 Å². The smallest absolute Gasteiger partial charge is 0.407 e. The van der Waals surface area contributed by atoms with Gasteiger partial charge in [-0.15, -0.1) is 11.3 Å². The van der Waals surface area contributed by atoms with Gasteiger partial charge in [-0.3, -0.25) is 0 Å². The zero-order valence-corrected chi connectivity index (χ0v) is 15.5. The molecule has 0 atom stereocenters. The van der Waals surface area contributed by atoms with Crippen LogP contribution < -0.4 is 5.32 Å². The molecule has 0 fully saturated rings. The van der Waals surface area contributed by atoms with Gasteiger partial charge in [0, 0.05) is 20.7 Å². The number of hydrogen-bond donors (Lipinski definition) is 1. The first-order valence-corrected chi connectivity index (χ1v) is 9.35. The maximum absolute atomic E-state index is 11.4. The van der Waals surface area contributed by atoms with Crippen LogP contribution in [0, 0.1) is 0 Å². The highest BCUT2D eigenvalue weighted by Crippen LogP contribution is 2.19. The van der Waals surface area contributed by atoms with Crippen LogP contribution in [0.4, 0.5) is 4.79 Å². The molecule has 1 heterocycles. The second-order valence-corrected chi connectivity index (χ2v) is 8.02. The molecule has 1 amide bonds. The lowest BCUT2D eigenvalue weighted by atomic mass is 10.2. The summed E-state index contributed by atoms with van der Waals surface area (Å²) in [6.07, 6.45) is 4.03. The molecule has 1 rings (SSSR count). The summed E-state index contributed by atoms with van der Waals surface area (Å²) in [7, 11) is 0. The van der Waals surface area contributed by atoms with Crippen molar-refractivity contribution in [3.63, 3.8) is 0 Å². The molecule has 0 aromatic carbocycles. The van der Waals surface area contributed by atoms with Crippen LogP contribution in [0.3, 0.4) is 0 Å². The number of alkyl carbamates (subject to hydrolysis) is 1. The summed E-state index contributed by atoms with van der Waals surface area (Å²) in [5, 5.41) is 2.79. The monoisotopic (exact) mass is 409 g/mol. The topological polar surface area (TPSA) is 38.3 Å². The molecular formula is C15H24INO2S. The summed E-state index contributed by atoms with van der Waals surface area (Å²) >= 11 is 4.32. The second kappa shape index (κ2) is 8.87. The van der Waals surface area contributed by atoms with E-state index in [1.807, 2.05) is 32.1 Å². The summed E-state index contributed by atoms with van der Waals surface area (Å²) in [4.78, 5) is 14.4. The molecule has 0 radical (unpaired) electrons.